The van der Waals surface area contributed by atoms with E-state index in [4.69, 9.17) is 0 Å². The average Bonchev–Trinajstić information content (AvgIpc) is 2.74. The molecule has 1 atom stereocenters. The highest BCUT2D eigenvalue weighted by Gasteiger charge is 2.25. The molecular formula is C16H21FN2O. The zero-order chi connectivity index (χ0) is 14.9. The molecule has 4 heteroatoms. The first-order chi connectivity index (χ1) is 9.27. The molecule has 0 bridgehead atoms. The smallest absolute Gasteiger partial charge is 0.123 e. The number of aromatic nitrogens is 2. The summed E-state index contributed by atoms with van der Waals surface area (Å²) in [4.78, 5) is 0. The Hall–Kier alpha value is -1.68. The maximum absolute atomic E-state index is 12.9. The minimum Gasteiger partial charge on any atom is -0.388 e. The largest absolute Gasteiger partial charge is 0.388 e. The van der Waals surface area contributed by atoms with E-state index in [0.717, 1.165) is 16.8 Å². The first kappa shape index (κ1) is 14.7. The minimum atomic E-state index is -0.636. The Bertz CT molecular complexity index is 582. The van der Waals surface area contributed by atoms with Gasteiger partial charge in [0.15, 0.2) is 0 Å². The van der Waals surface area contributed by atoms with E-state index >= 15 is 0 Å². The van der Waals surface area contributed by atoms with Crippen molar-refractivity contribution in [1.82, 2.24) is 9.78 Å². The van der Waals surface area contributed by atoms with Crippen LogP contribution in [0.25, 0.3) is 0 Å². The lowest BCUT2D eigenvalue weighted by molar-refractivity contribution is 0.176. The zero-order valence-electron chi connectivity index (χ0n) is 12.4. The molecule has 0 aliphatic heterocycles. The fraction of sp³-hybridized carbons (Fsp3) is 0.438. The molecule has 1 N–H and O–H groups in total. The van der Waals surface area contributed by atoms with Gasteiger partial charge in [-0.3, -0.25) is 4.68 Å². The van der Waals surface area contributed by atoms with Gasteiger partial charge in [0.2, 0.25) is 0 Å². The van der Waals surface area contributed by atoms with Gasteiger partial charge >= 0.3 is 0 Å². The standard InChI is InChI=1S/C16H21FN2O/c1-16(2,3)15-13(10-19(4)18-15)14(20)9-11-5-7-12(17)8-6-11/h5-8,10,14,20H,9H2,1-4H3. The molecule has 0 spiro atoms. The summed E-state index contributed by atoms with van der Waals surface area (Å²) in [7, 11) is 1.85. The summed E-state index contributed by atoms with van der Waals surface area (Å²) in [6.45, 7) is 6.22. The molecule has 0 saturated heterocycles. The first-order valence-electron chi connectivity index (χ1n) is 6.74. The van der Waals surface area contributed by atoms with Gasteiger partial charge in [-0.05, 0) is 17.7 Å². The minimum absolute atomic E-state index is 0.125. The quantitative estimate of drug-likeness (QED) is 0.935. The van der Waals surface area contributed by atoms with Gasteiger partial charge in [0.1, 0.15) is 5.82 Å². The van der Waals surface area contributed by atoms with Gasteiger partial charge in [-0.2, -0.15) is 5.10 Å². The zero-order valence-corrected chi connectivity index (χ0v) is 12.4. The van der Waals surface area contributed by atoms with Gasteiger partial charge < -0.3 is 5.11 Å². The van der Waals surface area contributed by atoms with E-state index in [2.05, 4.69) is 25.9 Å². The molecule has 1 unspecified atom stereocenters. The highest BCUT2D eigenvalue weighted by atomic mass is 19.1. The number of hydrogen-bond acceptors (Lipinski definition) is 2. The third kappa shape index (κ3) is 3.25. The van der Waals surface area contributed by atoms with Gasteiger partial charge in [0, 0.05) is 30.6 Å². The second kappa shape index (κ2) is 5.37. The Morgan fingerprint density at radius 1 is 1.25 bits per heavy atom. The van der Waals surface area contributed by atoms with Crippen molar-refractivity contribution < 1.29 is 9.50 Å². The predicted molar refractivity (Wildman–Crippen MR) is 77.0 cm³/mol. The Kier molecular flexibility index (Phi) is 3.95. The molecule has 0 radical (unpaired) electrons. The lowest BCUT2D eigenvalue weighted by Gasteiger charge is -2.20. The summed E-state index contributed by atoms with van der Waals surface area (Å²) in [5.74, 6) is -0.264. The molecule has 2 rings (SSSR count). The normalized spacial score (nSPS) is 13.5. The summed E-state index contributed by atoms with van der Waals surface area (Å²) in [6.07, 6.45) is 1.67. The molecule has 1 aromatic carbocycles. The number of aliphatic hydroxyl groups excluding tert-OH is 1. The molecule has 0 saturated carbocycles. The van der Waals surface area contributed by atoms with Crippen LogP contribution in [0.5, 0.6) is 0 Å². The van der Waals surface area contributed by atoms with E-state index in [-0.39, 0.29) is 11.2 Å². The fourth-order valence-corrected chi connectivity index (χ4v) is 2.29. The van der Waals surface area contributed by atoms with Crippen LogP contribution in [0, 0.1) is 5.82 Å². The van der Waals surface area contributed by atoms with Crippen molar-refractivity contribution >= 4 is 0 Å². The number of halogens is 1. The second-order valence-corrected chi connectivity index (χ2v) is 6.20. The molecule has 0 aliphatic rings. The van der Waals surface area contributed by atoms with E-state index in [1.807, 2.05) is 13.2 Å². The molecule has 0 aliphatic carbocycles. The number of rotatable bonds is 3. The Morgan fingerprint density at radius 3 is 2.40 bits per heavy atom. The number of aryl methyl sites for hydroxylation is 1. The van der Waals surface area contributed by atoms with Crippen LogP contribution < -0.4 is 0 Å². The highest BCUT2D eigenvalue weighted by molar-refractivity contribution is 5.28. The summed E-state index contributed by atoms with van der Waals surface area (Å²) in [5.41, 5.74) is 2.52. The molecule has 0 amide bonds. The molecule has 3 nitrogen and oxygen atoms in total. The van der Waals surface area contributed by atoms with Crippen LogP contribution in [0.2, 0.25) is 0 Å². The number of aliphatic hydroxyl groups is 1. The molecule has 2 aromatic rings. The van der Waals surface area contributed by atoms with Gasteiger partial charge in [-0.1, -0.05) is 32.9 Å². The Balaban J connectivity index is 2.25. The lowest BCUT2D eigenvalue weighted by Crippen LogP contribution is -2.17. The molecule has 20 heavy (non-hydrogen) atoms. The van der Waals surface area contributed by atoms with Gasteiger partial charge in [0.25, 0.3) is 0 Å². The summed E-state index contributed by atoms with van der Waals surface area (Å²) in [5, 5.41) is 14.9. The van der Waals surface area contributed by atoms with Crippen LogP contribution in [0.1, 0.15) is 43.7 Å². The van der Waals surface area contributed by atoms with E-state index in [9.17, 15) is 9.50 Å². The maximum atomic E-state index is 12.9. The van der Waals surface area contributed by atoms with Crippen molar-refractivity contribution in [3.8, 4) is 0 Å². The molecular weight excluding hydrogens is 255 g/mol. The summed E-state index contributed by atoms with van der Waals surface area (Å²) < 4.78 is 14.6. The van der Waals surface area contributed by atoms with E-state index in [1.54, 1.807) is 16.8 Å². The van der Waals surface area contributed by atoms with Crippen LogP contribution in [-0.4, -0.2) is 14.9 Å². The van der Waals surface area contributed by atoms with Gasteiger partial charge in [-0.15, -0.1) is 0 Å². The molecule has 1 aromatic heterocycles. The first-order valence-corrected chi connectivity index (χ1v) is 6.74. The third-order valence-electron chi connectivity index (χ3n) is 3.27. The molecule has 108 valence electrons. The van der Waals surface area contributed by atoms with Crippen molar-refractivity contribution in [2.75, 3.05) is 0 Å². The van der Waals surface area contributed by atoms with E-state index in [0.29, 0.717) is 6.42 Å². The maximum Gasteiger partial charge on any atom is 0.123 e. The van der Waals surface area contributed by atoms with Crippen LogP contribution in [0.15, 0.2) is 30.5 Å². The SMILES string of the molecule is Cn1cc(C(O)Cc2ccc(F)cc2)c(C(C)(C)C)n1. The topological polar surface area (TPSA) is 38.0 Å². The second-order valence-electron chi connectivity index (χ2n) is 6.20. The van der Waals surface area contributed by atoms with E-state index in [1.165, 1.54) is 12.1 Å². The van der Waals surface area contributed by atoms with Crippen molar-refractivity contribution in [2.45, 2.75) is 38.7 Å². The third-order valence-corrected chi connectivity index (χ3v) is 3.27. The Morgan fingerprint density at radius 2 is 1.85 bits per heavy atom. The molecule has 0 fully saturated rings. The van der Waals surface area contributed by atoms with Crippen molar-refractivity contribution in [3.63, 3.8) is 0 Å². The van der Waals surface area contributed by atoms with Gasteiger partial charge in [-0.25, -0.2) is 4.39 Å². The van der Waals surface area contributed by atoms with E-state index < -0.39 is 6.10 Å². The number of hydrogen-bond donors (Lipinski definition) is 1. The predicted octanol–water partition coefficient (Wildman–Crippen LogP) is 3.13. The summed E-state index contributed by atoms with van der Waals surface area (Å²) >= 11 is 0. The van der Waals surface area contributed by atoms with Crippen LogP contribution in [0.3, 0.4) is 0 Å². The molecule has 1 heterocycles. The Labute approximate surface area is 119 Å². The monoisotopic (exact) mass is 276 g/mol. The van der Waals surface area contributed by atoms with Crippen LogP contribution >= 0.6 is 0 Å². The van der Waals surface area contributed by atoms with Crippen LogP contribution in [-0.2, 0) is 18.9 Å². The fourth-order valence-electron chi connectivity index (χ4n) is 2.29. The summed E-state index contributed by atoms with van der Waals surface area (Å²) in [6, 6.07) is 6.23. The lowest BCUT2D eigenvalue weighted by atomic mass is 9.87. The van der Waals surface area contributed by atoms with Gasteiger partial charge in [0.05, 0.1) is 11.8 Å². The number of benzene rings is 1. The van der Waals surface area contributed by atoms with Crippen molar-refractivity contribution in [1.29, 1.82) is 0 Å². The highest BCUT2D eigenvalue weighted by Crippen LogP contribution is 2.29. The van der Waals surface area contributed by atoms with Crippen molar-refractivity contribution in [2.24, 2.45) is 7.05 Å². The van der Waals surface area contributed by atoms with Crippen LogP contribution in [0.4, 0.5) is 4.39 Å². The average molecular weight is 276 g/mol. The number of nitrogens with zero attached hydrogens (tertiary/aromatic N) is 2. The van der Waals surface area contributed by atoms with Crippen molar-refractivity contribution in [3.05, 3.63) is 53.1 Å².